The molecule has 0 saturated heterocycles. The van der Waals surface area contributed by atoms with E-state index < -0.39 is 5.97 Å². The Morgan fingerprint density at radius 1 is 1.33 bits per heavy atom. The zero-order chi connectivity index (χ0) is 10.1. The van der Waals surface area contributed by atoms with E-state index in [1.54, 1.807) is 18.2 Å². The van der Waals surface area contributed by atoms with Crippen molar-refractivity contribution in [3.05, 3.63) is 41.0 Å². The van der Waals surface area contributed by atoms with Gasteiger partial charge in [0.15, 0.2) is 0 Å². The van der Waals surface area contributed by atoms with Crippen LogP contribution < -0.4 is 0 Å². The van der Waals surface area contributed by atoms with Crippen LogP contribution in [0.5, 0.6) is 0 Å². The van der Waals surface area contributed by atoms with Gasteiger partial charge in [-0.15, -0.1) is 12.4 Å². The average molecular weight is 244 g/mol. The first-order valence-corrected chi connectivity index (χ1v) is 4.34. The van der Waals surface area contributed by atoms with E-state index >= 15 is 0 Å². The normalized spacial score (nSPS) is 9.67. The number of fused-ring (bicyclic) bond motifs is 1. The van der Waals surface area contributed by atoms with E-state index in [9.17, 15) is 4.79 Å². The second-order valence-corrected chi connectivity index (χ2v) is 3.26. The minimum atomic E-state index is -0.959. The van der Waals surface area contributed by atoms with Crippen LogP contribution >= 0.6 is 24.0 Å². The molecular weight excluding hydrogens is 237 g/mol. The monoisotopic (exact) mass is 243 g/mol. The fraction of sp³-hybridized carbons (Fsp3) is 0. The molecule has 2 rings (SSSR count). The van der Waals surface area contributed by atoms with Gasteiger partial charge in [-0.3, -0.25) is 4.98 Å². The molecule has 0 spiro atoms. The zero-order valence-electron chi connectivity index (χ0n) is 7.48. The zero-order valence-corrected chi connectivity index (χ0v) is 9.05. The van der Waals surface area contributed by atoms with Gasteiger partial charge in [0.25, 0.3) is 0 Å². The van der Waals surface area contributed by atoms with Crippen molar-refractivity contribution in [3.8, 4) is 0 Å². The number of benzene rings is 1. The van der Waals surface area contributed by atoms with Gasteiger partial charge in [0, 0.05) is 16.6 Å². The van der Waals surface area contributed by atoms with E-state index in [4.69, 9.17) is 16.7 Å². The molecule has 15 heavy (non-hydrogen) atoms. The number of aromatic nitrogens is 1. The molecule has 1 heterocycles. The van der Waals surface area contributed by atoms with Crippen LogP contribution in [0.15, 0.2) is 30.5 Å². The highest BCUT2D eigenvalue weighted by Gasteiger charge is 2.08. The molecule has 1 aromatic heterocycles. The Bertz CT molecular complexity index is 514. The van der Waals surface area contributed by atoms with E-state index in [1.165, 1.54) is 12.3 Å². The molecule has 0 aliphatic carbocycles. The van der Waals surface area contributed by atoms with Gasteiger partial charge in [0.2, 0.25) is 0 Å². The highest BCUT2D eigenvalue weighted by atomic mass is 35.5. The van der Waals surface area contributed by atoms with Gasteiger partial charge in [0.05, 0.1) is 11.1 Å². The molecule has 2 aromatic rings. The molecule has 0 bridgehead atoms. The summed E-state index contributed by atoms with van der Waals surface area (Å²) in [5.74, 6) is -0.959. The van der Waals surface area contributed by atoms with Crippen molar-refractivity contribution in [2.24, 2.45) is 0 Å². The smallest absolute Gasteiger partial charge is 0.336 e. The van der Waals surface area contributed by atoms with Crippen molar-refractivity contribution in [2.45, 2.75) is 0 Å². The van der Waals surface area contributed by atoms with Gasteiger partial charge < -0.3 is 5.11 Å². The molecule has 0 fully saturated rings. The minimum absolute atomic E-state index is 0. The minimum Gasteiger partial charge on any atom is -0.478 e. The number of aromatic carboxylic acids is 1. The summed E-state index contributed by atoms with van der Waals surface area (Å²) in [5, 5.41) is 10.0. The molecule has 0 aliphatic heterocycles. The molecule has 3 nitrogen and oxygen atoms in total. The quantitative estimate of drug-likeness (QED) is 0.838. The molecule has 0 amide bonds. The van der Waals surface area contributed by atoms with E-state index in [2.05, 4.69) is 4.98 Å². The second kappa shape index (κ2) is 4.47. The SMILES string of the molecule is Cl.O=C(O)c1ccnc2cc(Cl)ccc12. The van der Waals surface area contributed by atoms with Crippen molar-refractivity contribution in [1.29, 1.82) is 0 Å². The summed E-state index contributed by atoms with van der Waals surface area (Å²) in [6.07, 6.45) is 1.46. The van der Waals surface area contributed by atoms with Gasteiger partial charge >= 0.3 is 5.97 Å². The van der Waals surface area contributed by atoms with Crippen molar-refractivity contribution in [3.63, 3.8) is 0 Å². The fourth-order valence-electron chi connectivity index (χ4n) is 1.31. The predicted molar refractivity (Wildman–Crippen MR) is 61.0 cm³/mol. The van der Waals surface area contributed by atoms with Crippen molar-refractivity contribution in [1.82, 2.24) is 4.98 Å². The number of nitrogens with zero attached hydrogens (tertiary/aromatic N) is 1. The Kier molecular flexibility index (Phi) is 3.50. The molecule has 0 saturated carbocycles. The van der Waals surface area contributed by atoms with E-state index in [-0.39, 0.29) is 18.0 Å². The fourth-order valence-corrected chi connectivity index (χ4v) is 1.47. The maximum absolute atomic E-state index is 10.8. The van der Waals surface area contributed by atoms with Crippen molar-refractivity contribution in [2.75, 3.05) is 0 Å². The molecule has 0 atom stereocenters. The van der Waals surface area contributed by atoms with Gasteiger partial charge in [-0.2, -0.15) is 0 Å². The van der Waals surface area contributed by atoms with E-state index in [1.807, 2.05) is 0 Å². The van der Waals surface area contributed by atoms with Crippen LogP contribution in [0.4, 0.5) is 0 Å². The van der Waals surface area contributed by atoms with Crippen LogP contribution in [0.3, 0.4) is 0 Å². The standard InChI is InChI=1S/C10H6ClNO2.ClH/c11-6-1-2-7-8(10(13)14)3-4-12-9(7)5-6;/h1-5H,(H,13,14);1H. The lowest BCUT2D eigenvalue weighted by Gasteiger charge is -2.01. The number of carbonyl (C=O) groups is 1. The molecule has 78 valence electrons. The highest BCUT2D eigenvalue weighted by Crippen LogP contribution is 2.20. The Labute approximate surface area is 97.1 Å². The lowest BCUT2D eigenvalue weighted by atomic mass is 10.1. The van der Waals surface area contributed by atoms with E-state index in [0.717, 1.165) is 0 Å². The van der Waals surface area contributed by atoms with E-state index in [0.29, 0.717) is 15.9 Å². The number of hydrogen-bond acceptors (Lipinski definition) is 2. The Hall–Kier alpha value is -1.32. The summed E-state index contributed by atoms with van der Waals surface area (Å²) < 4.78 is 0. The number of carboxylic acid groups (broad SMARTS) is 1. The number of rotatable bonds is 1. The van der Waals surface area contributed by atoms with Crippen LogP contribution in [0.2, 0.25) is 5.02 Å². The number of halogens is 2. The topological polar surface area (TPSA) is 50.2 Å². The predicted octanol–water partition coefficient (Wildman–Crippen LogP) is 3.01. The lowest BCUT2D eigenvalue weighted by Crippen LogP contribution is -1.97. The summed E-state index contributed by atoms with van der Waals surface area (Å²) in [5.41, 5.74) is 0.837. The van der Waals surface area contributed by atoms with Crippen molar-refractivity contribution >= 4 is 40.9 Å². The first kappa shape index (κ1) is 11.8. The summed E-state index contributed by atoms with van der Waals surface area (Å²) in [7, 11) is 0. The molecule has 0 aliphatic rings. The molecule has 0 unspecified atom stereocenters. The van der Waals surface area contributed by atoms with Crippen LogP contribution in [-0.2, 0) is 0 Å². The number of carboxylic acids is 1. The first-order chi connectivity index (χ1) is 6.68. The van der Waals surface area contributed by atoms with Crippen molar-refractivity contribution < 1.29 is 9.90 Å². The number of pyridine rings is 1. The maximum Gasteiger partial charge on any atom is 0.336 e. The first-order valence-electron chi connectivity index (χ1n) is 3.96. The third-order valence-electron chi connectivity index (χ3n) is 1.94. The Morgan fingerprint density at radius 3 is 2.73 bits per heavy atom. The van der Waals surface area contributed by atoms with Crippen LogP contribution in [0.25, 0.3) is 10.9 Å². The van der Waals surface area contributed by atoms with Gasteiger partial charge in [-0.25, -0.2) is 4.79 Å². The van der Waals surface area contributed by atoms with Crippen LogP contribution in [-0.4, -0.2) is 16.1 Å². The maximum atomic E-state index is 10.8. The molecule has 5 heteroatoms. The third-order valence-corrected chi connectivity index (χ3v) is 2.17. The van der Waals surface area contributed by atoms with Crippen LogP contribution in [0.1, 0.15) is 10.4 Å². The Balaban J connectivity index is 0.00000112. The second-order valence-electron chi connectivity index (χ2n) is 2.83. The highest BCUT2D eigenvalue weighted by molar-refractivity contribution is 6.31. The molecule has 1 N–H and O–H groups in total. The third kappa shape index (κ3) is 2.19. The van der Waals surface area contributed by atoms with Gasteiger partial charge in [-0.1, -0.05) is 17.7 Å². The molecule has 0 radical (unpaired) electrons. The number of hydrogen-bond donors (Lipinski definition) is 1. The summed E-state index contributed by atoms with van der Waals surface area (Å²) >= 11 is 5.76. The molecule has 1 aromatic carbocycles. The largest absolute Gasteiger partial charge is 0.478 e. The lowest BCUT2D eigenvalue weighted by molar-refractivity contribution is 0.0699. The van der Waals surface area contributed by atoms with Gasteiger partial charge in [0.1, 0.15) is 0 Å². The molecular formula is C10H7Cl2NO2. The summed E-state index contributed by atoms with van der Waals surface area (Å²) in [6.45, 7) is 0. The summed E-state index contributed by atoms with van der Waals surface area (Å²) in [4.78, 5) is 14.9. The van der Waals surface area contributed by atoms with Crippen LogP contribution in [0, 0.1) is 0 Å². The Morgan fingerprint density at radius 2 is 2.07 bits per heavy atom. The van der Waals surface area contributed by atoms with Gasteiger partial charge in [-0.05, 0) is 18.2 Å². The average Bonchev–Trinajstić information content (AvgIpc) is 2.16. The summed E-state index contributed by atoms with van der Waals surface area (Å²) in [6, 6.07) is 6.42.